The summed E-state index contributed by atoms with van der Waals surface area (Å²) in [5.74, 6) is -0.121. The van der Waals surface area contributed by atoms with E-state index in [-0.39, 0.29) is 36.2 Å². The van der Waals surface area contributed by atoms with Crippen molar-refractivity contribution < 1.29 is 22.7 Å². The summed E-state index contributed by atoms with van der Waals surface area (Å²) in [6, 6.07) is 2.89. The Hall–Kier alpha value is -1.47. The van der Waals surface area contributed by atoms with Crippen molar-refractivity contribution in [3.63, 3.8) is 0 Å². The van der Waals surface area contributed by atoms with Gasteiger partial charge in [-0.25, -0.2) is 0 Å². The smallest absolute Gasteiger partial charge is 0.416 e. The van der Waals surface area contributed by atoms with Crippen LogP contribution in [0.25, 0.3) is 0 Å². The molecule has 1 aromatic carbocycles. The molecule has 1 amide bonds. The first-order valence-corrected chi connectivity index (χ1v) is 6.92. The molecule has 0 saturated heterocycles. The van der Waals surface area contributed by atoms with Crippen LogP contribution in [-0.2, 0) is 17.5 Å². The van der Waals surface area contributed by atoms with Gasteiger partial charge in [-0.05, 0) is 30.0 Å². The minimum absolute atomic E-state index is 0. The summed E-state index contributed by atoms with van der Waals surface area (Å²) < 4.78 is 43.9. The van der Waals surface area contributed by atoms with Gasteiger partial charge in [0.2, 0.25) is 5.91 Å². The number of rotatable bonds is 6. The molecule has 0 aliphatic heterocycles. The Balaban J connectivity index is 0.00000484. The maximum Gasteiger partial charge on any atom is 0.416 e. The van der Waals surface area contributed by atoms with Gasteiger partial charge in [0, 0.05) is 6.54 Å². The van der Waals surface area contributed by atoms with Gasteiger partial charge in [0.1, 0.15) is 5.75 Å². The maximum absolute atomic E-state index is 13.0. The van der Waals surface area contributed by atoms with Crippen LogP contribution >= 0.6 is 12.4 Å². The lowest BCUT2D eigenvalue weighted by Gasteiger charge is -2.17. The molecule has 0 radical (unpaired) electrons. The van der Waals surface area contributed by atoms with Crippen LogP contribution in [0.4, 0.5) is 13.2 Å². The topological polar surface area (TPSA) is 64.3 Å². The molecule has 23 heavy (non-hydrogen) atoms. The van der Waals surface area contributed by atoms with Gasteiger partial charge >= 0.3 is 6.18 Å². The van der Waals surface area contributed by atoms with E-state index in [2.05, 4.69) is 5.32 Å². The first-order valence-electron chi connectivity index (χ1n) is 6.92. The summed E-state index contributed by atoms with van der Waals surface area (Å²) in [6.07, 6.45) is -4.05. The molecule has 0 fully saturated rings. The SMILES string of the molecule is COc1ccc(CNC(=O)[C@@H](N)CC(C)C)c(C(F)(F)F)c1.Cl. The fourth-order valence-corrected chi connectivity index (χ4v) is 2.03. The van der Waals surface area contributed by atoms with Gasteiger partial charge in [-0.1, -0.05) is 19.9 Å². The van der Waals surface area contributed by atoms with Crippen molar-refractivity contribution >= 4 is 18.3 Å². The standard InChI is InChI=1S/C15H21F3N2O2.ClH/c1-9(2)6-13(19)14(21)20-8-10-4-5-11(22-3)7-12(10)15(16,17)18;/h4-5,7,9,13H,6,8,19H2,1-3H3,(H,20,21);1H/t13-;/m0./s1. The number of halogens is 4. The quantitative estimate of drug-likeness (QED) is 0.825. The summed E-state index contributed by atoms with van der Waals surface area (Å²) in [5.41, 5.74) is 4.84. The second kappa shape index (κ2) is 8.98. The number of carbonyl (C=O) groups is 1. The fraction of sp³-hybridized carbons (Fsp3) is 0.533. The number of nitrogens with one attached hydrogen (secondary N) is 1. The Bertz CT molecular complexity index is 522. The van der Waals surface area contributed by atoms with Crippen LogP contribution in [0, 0.1) is 5.92 Å². The molecule has 0 bridgehead atoms. The highest BCUT2D eigenvalue weighted by molar-refractivity contribution is 5.85. The van der Waals surface area contributed by atoms with Crippen molar-refractivity contribution in [2.75, 3.05) is 7.11 Å². The van der Waals surface area contributed by atoms with Gasteiger partial charge in [-0.15, -0.1) is 12.4 Å². The third-order valence-corrected chi connectivity index (χ3v) is 3.14. The summed E-state index contributed by atoms with van der Waals surface area (Å²) in [7, 11) is 1.29. The number of methoxy groups -OCH3 is 1. The number of hydrogen-bond donors (Lipinski definition) is 2. The number of carbonyl (C=O) groups excluding carboxylic acids is 1. The van der Waals surface area contributed by atoms with E-state index in [9.17, 15) is 18.0 Å². The summed E-state index contributed by atoms with van der Waals surface area (Å²) in [5, 5.41) is 2.45. The molecular formula is C15H22ClF3N2O2. The van der Waals surface area contributed by atoms with Gasteiger partial charge in [0.15, 0.2) is 0 Å². The Kier molecular flexibility index (Phi) is 8.41. The van der Waals surface area contributed by atoms with Crippen LogP contribution in [-0.4, -0.2) is 19.1 Å². The number of ether oxygens (including phenoxy) is 1. The van der Waals surface area contributed by atoms with Gasteiger partial charge < -0.3 is 15.8 Å². The van der Waals surface area contributed by atoms with E-state index in [0.717, 1.165) is 6.07 Å². The van der Waals surface area contributed by atoms with E-state index >= 15 is 0 Å². The lowest BCUT2D eigenvalue weighted by molar-refractivity contribution is -0.138. The molecule has 0 aliphatic carbocycles. The normalized spacial score (nSPS) is 12.5. The average molecular weight is 355 g/mol. The summed E-state index contributed by atoms with van der Waals surface area (Å²) >= 11 is 0. The van der Waals surface area contributed by atoms with Gasteiger partial charge in [-0.2, -0.15) is 13.2 Å². The predicted molar refractivity (Wildman–Crippen MR) is 84.5 cm³/mol. The summed E-state index contributed by atoms with van der Waals surface area (Å²) in [4.78, 5) is 11.8. The molecule has 4 nitrogen and oxygen atoms in total. The van der Waals surface area contributed by atoms with Crippen LogP contribution in [0.3, 0.4) is 0 Å². The van der Waals surface area contributed by atoms with Gasteiger partial charge in [0.25, 0.3) is 0 Å². The largest absolute Gasteiger partial charge is 0.497 e. The zero-order valence-corrected chi connectivity index (χ0v) is 14.1. The minimum atomic E-state index is -4.52. The fourth-order valence-electron chi connectivity index (χ4n) is 2.03. The Morgan fingerprint density at radius 3 is 2.43 bits per heavy atom. The highest BCUT2D eigenvalue weighted by Gasteiger charge is 2.33. The zero-order valence-electron chi connectivity index (χ0n) is 13.2. The minimum Gasteiger partial charge on any atom is -0.497 e. The van der Waals surface area contributed by atoms with Crippen molar-refractivity contribution in [1.29, 1.82) is 0 Å². The van der Waals surface area contributed by atoms with E-state index < -0.39 is 23.7 Å². The molecule has 3 N–H and O–H groups in total. The summed E-state index contributed by atoms with van der Waals surface area (Å²) in [6.45, 7) is 3.60. The highest BCUT2D eigenvalue weighted by atomic mass is 35.5. The Morgan fingerprint density at radius 2 is 1.96 bits per heavy atom. The van der Waals surface area contributed by atoms with Crippen molar-refractivity contribution in [2.24, 2.45) is 11.7 Å². The lowest BCUT2D eigenvalue weighted by Crippen LogP contribution is -2.41. The predicted octanol–water partition coefficient (Wildman–Crippen LogP) is 3.13. The van der Waals surface area contributed by atoms with Crippen molar-refractivity contribution in [3.05, 3.63) is 29.3 Å². The van der Waals surface area contributed by atoms with Crippen LogP contribution in [0.15, 0.2) is 18.2 Å². The molecule has 132 valence electrons. The van der Waals surface area contributed by atoms with Crippen LogP contribution in [0.5, 0.6) is 5.75 Å². The molecule has 1 atom stereocenters. The van der Waals surface area contributed by atoms with Crippen molar-refractivity contribution in [3.8, 4) is 5.75 Å². The molecule has 1 aromatic rings. The third-order valence-electron chi connectivity index (χ3n) is 3.14. The second-order valence-corrected chi connectivity index (χ2v) is 5.47. The van der Waals surface area contributed by atoms with Crippen LogP contribution in [0.2, 0.25) is 0 Å². The van der Waals surface area contributed by atoms with E-state index in [1.165, 1.54) is 19.2 Å². The first kappa shape index (κ1) is 21.5. The number of alkyl halides is 3. The molecule has 8 heteroatoms. The number of benzene rings is 1. The third kappa shape index (κ3) is 6.66. The monoisotopic (exact) mass is 354 g/mol. The molecule has 0 spiro atoms. The van der Waals surface area contributed by atoms with Crippen LogP contribution in [0.1, 0.15) is 31.4 Å². The molecule has 0 aromatic heterocycles. The number of nitrogens with two attached hydrogens (primary N) is 1. The average Bonchev–Trinajstić information content (AvgIpc) is 2.42. The molecular weight excluding hydrogens is 333 g/mol. The lowest BCUT2D eigenvalue weighted by atomic mass is 10.0. The number of amides is 1. The van der Waals surface area contributed by atoms with E-state index in [4.69, 9.17) is 10.5 Å². The molecule has 0 saturated carbocycles. The first-order chi connectivity index (χ1) is 10.1. The van der Waals surface area contributed by atoms with E-state index in [0.29, 0.717) is 6.42 Å². The maximum atomic E-state index is 13.0. The van der Waals surface area contributed by atoms with Crippen molar-refractivity contribution in [2.45, 2.75) is 39.0 Å². The molecule has 0 aliphatic rings. The van der Waals surface area contributed by atoms with Crippen molar-refractivity contribution in [1.82, 2.24) is 5.32 Å². The Labute approximate surface area is 140 Å². The number of hydrogen-bond acceptors (Lipinski definition) is 3. The highest BCUT2D eigenvalue weighted by Crippen LogP contribution is 2.34. The molecule has 1 rings (SSSR count). The molecule has 0 heterocycles. The molecule has 0 unspecified atom stereocenters. The van der Waals surface area contributed by atoms with Gasteiger partial charge in [-0.3, -0.25) is 4.79 Å². The van der Waals surface area contributed by atoms with Crippen LogP contribution < -0.4 is 15.8 Å². The van der Waals surface area contributed by atoms with E-state index in [1.807, 2.05) is 13.8 Å². The van der Waals surface area contributed by atoms with Gasteiger partial charge in [0.05, 0.1) is 18.7 Å². The second-order valence-electron chi connectivity index (χ2n) is 5.47. The van der Waals surface area contributed by atoms with E-state index in [1.54, 1.807) is 0 Å². The Morgan fingerprint density at radius 1 is 1.35 bits per heavy atom. The zero-order chi connectivity index (χ0) is 16.9.